The average Bonchev–Trinajstić information content (AvgIpc) is 2.89. The van der Waals surface area contributed by atoms with Crippen LogP contribution in [-0.2, 0) is 19.6 Å². The van der Waals surface area contributed by atoms with E-state index in [9.17, 15) is 17.6 Å². The Morgan fingerprint density at radius 2 is 2.25 bits per heavy atom. The third-order valence-electron chi connectivity index (χ3n) is 3.17. The topological polar surface area (TPSA) is 63.7 Å². The molecule has 0 spiro atoms. The lowest BCUT2D eigenvalue weighted by Gasteiger charge is -2.22. The molecule has 1 atom stereocenters. The Kier molecular flexibility index (Phi) is 4.39. The lowest BCUT2D eigenvalue weighted by Crippen LogP contribution is -2.41. The van der Waals surface area contributed by atoms with Crippen LogP contribution in [0.25, 0.3) is 0 Å². The largest absolute Gasteiger partial charge is 0.465 e. The molecule has 0 radical (unpaired) electrons. The van der Waals surface area contributed by atoms with Gasteiger partial charge >= 0.3 is 5.97 Å². The van der Waals surface area contributed by atoms with Gasteiger partial charge in [-0.15, -0.1) is 0 Å². The van der Waals surface area contributed by atoms with Crippen molar-refractivity contribution in [3.05, 3.63) is 30.1 Å². The van der Waals surface area contributed by atoms with E-state index in [1.165, 1.54) is 18.2 Å². The monoisotopic (exact) mass is 301 g/mol. The summed E-state index contributed by atoms with van der Waals surface area (Å²) < 4.78 is 44.1. The van der Waals surface area contributed by atoms with E-state index in [0.717, 1.165) is 10.4 Å². The van der Waals surface area contributed by atoms with Crippen molar-refractivity contribution in [3.63, 3.8) is 0 Å². The molecular weight excluding hydrogens is 285 g/mol. The van der Waals surface area contributed by atoms with Gasteiger partial charge in [-0.25, -0.2) is 12.8 Å². The molecule has 1 aliphatic heterocycles. The molecule has 20 heavy (non-hydrogen) atoms. The molecular formula is C13H16FNO4S. The summed E-state index contributed by atoms with van der Waals surface area (Å²) in [5.41, 5.74) is 0. The summed E-state index contributed by atoms with van der Waals surface area (Å²) in [4.78, 5) is 11.7. The zero-order chi connectivity index (χ0) is 14.8. The van der Waals surface area contributed by atoms with Crippen molar-refractivity contribution in [1.82, 2.24) is 4.31 Å². The Labute approximate surface area is 117 Å². The number of hydrogen-bond donors (Lipinski definition) is 0. The molecule has 5 nitrogen and oxygen atoms in total. The van der Waals surface area contributed by atoms with Gasteiger partial charge in [-0.05, 0) is 38.0 Å². The van der Waals surface area contributed by atoms with Crippen molar-refractivity contribution in [3.8, 4) is 0 Å². The summed E-state index contributed by atoms with van der Waals surface area (Å²) in [5, 5.41) is 0. The van der Waals surface area contributed by atoms with E-state index in [1.54, 1.807) is 6.92 Å². The molecule has 1 unspecified atom stereocenters. The lowest BCUT2D eigenvalue weighted by atomic mass is 10.2. The lowest BCUT2D eigenvalue weighted by molar-refractivity contribution is -0.146. The van der Waals surface area contributed by atoms with Gasteiger partial charge in [0.15, 0.2) is 0 Å². The maximum atomic E-state index is 13.2. The highest BCUT2D eigenvalue weighted by molar-refractivity contribution is 7.89. The van der Waals surface area contributed by atoms with Crippen molar-refractivity contribution in [1.29, 1.82) is 0 Å². The number of nitrogens with zero attached hydrogens (tertiary/aromatic N) is 1. The van der Waals surface area contributed by atoms with E-state index in [1.807, 2.05) is 0 Å². The molecule has 0 aliphatic carbocycles. The summed E-state index contributed by atoms with van der Waals surface area (Å²) in [7, 11) is -3.88. The standard InChI is InChI=1S/C13H16FNO4S/c1-2-19-13(16)12-7-4-8-15(12)20(17,18)11-6-3-5-10(14)9-11/h3,5-6,9,12H,2,4,7-8H2,1H3. The first-order chi connectivity index (χ1) is 9.46. The summed E-state index contributed by atoms with van der Waals surface area (Å²) >= 11 is 0. The van der Waals surface area contributed by atoms with Crippen LogP contribution in [0.4, 0.5) is 4.39 Å². The van der Waals surface area contributed by atoms with E-state index >= 15 is 0 Å². The molecule has 1 heterocycles. The fraction of sp³-hybridized carbons (Fsp3) is 0.462. The van der Waals surface area contributed by atoms with Gasteiger partial charge in [-0.1, -0.05) is 6.07 Å². The second-order valence-electron chi connectivity index (χ2n) is 4.48. The molecule has 0 saturated carbocycles. The van der Waals surface area contributed by atoms with Crippen molar-refractivity contribution >= 4 is 16.0 Å². The molecule has 1 aromatic carbocycles. The molecule has 1 saturated heterocycles. The molecule has 7 heteroatoms. The summed E-state index contributed by atoms with van der Waals surface area (Å²) in [5.74, 6) is -1.18. The molecule has 110 valence electrons. The molecule has 0 aromatic heterocycles. The van der Waals surface area contributed by atoms with Gasteiger partial charge in [-0.3, -0.25) is 4.79 Å². The van der Waals surface area contributed by atoms with Crippen LogP contribution in [0.5, 0.6) is 0 Å². The number of carbonyl (C=O) groups excluding carboxylic acids is 1. The maximum Gasteiger partial charge on any atom is 0.324 e. The highest BCUT2D eigenvalue weighted by Crippen LogP contribution is 2.27. The van der Waals surface area contributed by atoms with Gasteiger partial charge in [0.25, 0.3) is 0 Å². The Morgan fingerprint density at radius 3 is 2.90 bits per heavy atom. The van der Waals surface area contributed by atoms with Crippen LogP contribution in [0.15, 0.2) is 29.2 Å². The van der Waals surface area contributed by atoms with Gasteiger partial charge in [-0.2, -0.15) is 4.31 Å². The summed E-state index contributed by atoms with van der Waals surface area (Å²) in [6.07, 6.45) is 1.01. The summed E-state index contributed by atoms with van der Waals surface area (Å²) in [6.45, 7) is 2.10. The Balaban J connectivity index is 2.31. The second-order valence-corrected chi connectivity index (χ2v) is 6.37. The predicted octanol–water partition coefficient (Wildman–Crippen LogP) is 1.54. The minimum atomic E-state index is -3.88. The van der Waals surface area contributed by atoms with Crippen LogP contribution in [0.1, 0.15) is 19.8 Å². The highest BCUT2D eigenvalue weighted by atomic mass is 32.2. The van der Waals surface area contributed by atoms with Crippen LogP contribution in [0.2, 0.25) is 0 Å². The van der Waals surface area contributed by atoms with E-state index < -0.39 is 27.9 Å². The van der Waals surface area contributed by atoms with Crippen LogP contribution in [-0.4, -0.2) is 37.9 Å². The number of esters is 1. The molecule has 1 aliphatic rings. The van der Waals surface area contributed by atoms with Gasteiger partial charge in [0.05, 0.1) is 11.5 Å². The zero-order valence-corrected chi connectivity index (χ0v) is 11.9. The first kappa shape index (κ1) is 14.9. The number of benzene rings is 1. The molecule has 0 bridgehead atoms. The van der Waals surface area contributed by atoms with Gasteiger partial charge < -0.3 is 4.74 Å². The normalized spacial score (nSPS) is 20.0. The second kappa shape index (κ2) is 5.88. The van der Waals surface area contributed by atoms with E-state index in [4.69, 9.17) is 4.74 Å². The quantitative estimate of drug-likeness (QED) is 0.791. The predicted molar refractivity (Wildman–Crippen MR) is 69.9 cm³/mol. The Hall–Kier alpha value is -1.47. The number of hydrogen-bond acceptors (Lipinski definition) is 4. The average molecular weight is 301 g/mol. The van der Waals surface area contributed by atoms with E-state index in [-0.39, 0.29) is 18.0 Å². The first-order valence-electron chi connectivity index (χ1n) is 6.41. The Bertz CT molecular complexity index is 602. The fourth-order valence-corrected chi connectivity index (χ4v) is 3.94. The molecule has 2 rings (SSSR count). The van der Waals surface area contributed by atoms with E-state index in [2.05, 4.69) is 0 Å². The molecule has 1 aromatic rings. The number of halogens is 1. The maximum absolute atomic E-state index is 13.2. The highest BCUT2D eigenvalue weighted by Gasteiger charge is 2.40. The molecule has 0 amide bonds. The van der Waals surface area contributed by atoms with Crippen molar-refractivity contribution in [2.24, 2.45) is 0 Å². The van der Waals surface area contributed by atoms with Crippen molar-refractivity contribution in [2.75, 3.05) is 13.2 Å². The third kappa shape index (κ3) is 2.83. The molecule has 1 fully saturated rings. The fourth-order valence-electron chi connectivity index (χ4n) is 2.26. The van der Waals surface area contributed by atoms with Crippen LogP contribution < -0.4 is 0 Å². The number of ether oxygens (including phenoxy) is 1. The van der Waals surface area contributed by atoms with Crippen LogP contribution in [0.3, 0.4) is 0 Å². The van der Waals surface area contributed by atoms with Crippen LogP contribution in [0, 0.1) is 5.82 Å². The zero-order valence-electron chi connectivity index (χ0n) is 11.1. The first-order valence-corrected chi connectivity index (χ1v) is 7.85. The van der Waals surface area contributed by atoms with Crippen molar-refractivity contribution < 1.29 is 22.3 Å². The number of sulfonamides is 1. The molecule has 0 N–H and O–H groups in total. The van der Waals surface area contributed by atoms with E-state index in [0.29, 0.717) is 12.8 Å². The van der Waals surface area contributed by atoms with Gasteiger partial charge in [0.2, 0.25) is 10.0 Å². The SMILES string of the molecule is CCOC(=O)C1CCCN1S(=O)(=O)c1cccc(F)c1. The number of carbonyl (C=O) groups is 1. The minimum absolute atomic E-state index is 0.145. The van der Waals surface area contributed by atoms with Crippen molar-refractivity contribution in [2.45, 2.75) is 30.7 Å². The number of rotatable bonds is 4. The smallest absolute Gasteiger partial charge is 0.324 e. The minimum Gasteiger partial charge on any atom is -0.465 e. The van der Waals surface area contributed by atoms with Gasteiger partial charge in [0.1, 0.15) is 11.9 Å². The third-order valence-corrected chi connectivity index (χ3v) is 5.07. The summed E-state index contributed by atoms with van der Waals surface area (Å²) in [6, 6.07) is 3.96. The van der Waals surface area contributed by atoms with Gasteiger partial charge in [0, 0.05) is 6.54 Å². The van der Waals surface area contributed by atoms with Crippen LogP contribution >= 0.6 is 0 Å². The Morgan fingerprint density at radius 1 is 1.50 bits per heavy atom.